The van der Waals surface area contributed by atoms with Crippen LogP contribution in [0.5, 0.6) is 5.75 Å². The van der Waals surface area contributed by atoms with Crippen molar-refractivity contribution >= 4 is 17.8 Å². The molecule has 2 aliphatic rings. The first kappa shape index (κ1) is 31.0. The third-order valence-corrected chi connectivity index (χ3v) is 7.78. The lowest BCUT2D eigenvalue weighted by atomic mass is 9.92. The van der Waals surface area contributed by atoms with E-state index in [2.05, 4.69) is 27.5 Å². The van der Waals surface area contributed by atoms with E-state index in [9.17, 15) is 23.9 Å². The standard InChI is InChI=1S/C32H39FN4O5/c33-13-17-42-28-8-5-23(6-9-28)3-4-25-18-27(21-35-20-25)29(19-31(39)40)36-32(41)26-2-1-16-37(22-26)30(38)10-7-24-11-14-34-15-12-24/h5-6,8-9,18,20-21,24,26,29,34H,1-2,7,10-17,19,22H2,(H,36,41)(H,39,40)/t26-,29+/m1/s1/i33-1. The quantitative estimate of drug-likeness (QED) is 0.350. The molecule has 0 spiro atoms. The number of aliphatic carboxylic acids is 1. The van der Waals surface area contributed by atoms with E-state index < -0.39 is 24.6 Å². The number of amides is 2. The smallest absolute Gasteiger partial charge is 0.305 e. The number of piperidine rings is 2. The predicted octanol–water partition coefficient (Wildman–Crippen LogP) is 3.48. The molecule has 2 saturated heterocycles. The Morgan fingerprint density at radius 3 is 2.62 bits per heavy atom. The van der Waals surface area contributed by atoms with Gasteiger partial charge in [-0.25, -0.2) is 4.39 Å². The number of halogens is 1. The number of benzene rings is 1. The van der Waals surface area contributed by atoms with Crippen molar-refractivity contribution in [2.75, 3.05) is 39.5 Å². The summed E-state index contributed by atoms with van der Waals surface area (Å²) in [6, 6.07) is 7.88. The van der Waals surface area contributed by atoms with Crippen LogP contribution in [0.15, 0.2) is 42.7 Å². The zero-order valence-corrected chi connectivity index (χ0v) is 23.8. The van der Waals surface area contributed by atoms with Crippen molar-refractivity contribution in [3.63, 3.8) is 0 Å². The lowest BCUT2D eigenvalue weighted by Gasteiger charge is -2.33. The number of hydrogen-bond donors (Lipinski definition) is 3. The van der Waals surface area contributed by atoms with Crippen LogP contribution >= 0.6 is 0 Å². The minimum atomic E-state index is -1.05. The van der Waals surface area contributed by atoms with E-state index in [0.29, 0.717) is 48.7 Å². The van der Waals surface area contributed by atoms with Gasteiger partial charge in [-0.2, -0.15) is 0 Å². The number of alkyl halides is 1. The molecule has 0 bridgehead atoms. The maximum atomic E-state index is 13.3. The van der Waals surface area contributed by atoms with Crippen molar-refractivity contribution < 1.29 is 28.6 Å². The zero-order valence-electron chi connectivity index (χ0n) is 23.8. The van der Waals surface area contributed by atoms with Gasteiger partial charge in [-0.05, 0) is 87.0 Å². The Morgan fingerprint density at radius 2 is 1.88 bits per heavy atom. The van der Waals surface area contributed by atoms with Gasteiger partial charge in [0.25, 0.3) is 0 Å². The summed E-state index contributed by atoms with van der Waals surface area (Å²) in [6.07, 6.45) is 7.74. The first-order chi connectivity index (χ1) is 20.4. The highest BCUT2D eigenvalue weighted by Crippen LogP contribution is 2.24. The van der Waals surface area contributed by atoms with E-state index in [-0.39, 0.29) is 24.8 Å². The van der Waals surface area contributed by atoms with E-state index in [1.165, 1.54) is 6.20 Å². The molecule has 9 nitrogen and oxygen atoms in total. The van der Waals surface area contributed by atoms with Gasteiger partial charge in [0.2, 0.25) is 11.8 Å². The molecular weight excluding hydrogens is 538 g/mol. The second-order valence-corrected chi connectivity index (χ2v) is 10.9. The number of carboxylic acid groups (broad SMARTS) is 1. The van der Waals surface area contributed by atoms with Crippen LogP contribution in [-0.2, 0) is 14.4 Å². The van der Waals surface area contributed by atoms with Crippen LogP contribution in [-0.4, -0.2) is 72.2 Å². The van der Waals surface area contributed by atoms with Gasteiger partial charge in [0.1, 0.15) is 19.0 Å². The molecule has 2 atom stereocenters. The van der Waals surface area contributed by atoms with E-state index in [4.69, 9.17) is 4.74 Å². The van der Waals surface area contributed by atoms with Gasteiger partial charge in [-0.1, -0.05) is 11.8 Å². The first-order valence-electron chi connectivity index (χ1n) is 14.7. The minimum Gasteiger partial charge on any atom is -0.491 e. The number of pyridine rings is 1. The summed E-state index contributed by atoms with van der Waals surface area (Å²) in [4.78, 5) is 43.9. The zero-order chi connectivity index (χ0) is 29.7. The van der Waals surface area contributed by atoms with Gasteiger partial charge in [0.15, 0.2) is 0 Å². The van der Waals surface area contributed by atoms with Gasteiger partial charge in [-0.15, -0.1) is 0 Å². The average molecular weight is 578 g/mol. The van der Waals surface area contributed by atoms with Crippen molar-refractivity contribution in [1.29, 1.82) is 0 Å². The van der Waals surface area contributed by atoms with E-state index in [0.717, 1.165) is 44.3 Å². The van der Waals surface area contributed by atoms with Crippen molar-refractivity contribution in [3.8, 4) is 17.6 Å². The summed E-state index contributed by atoms with van der Waals surface area (Å²) in [5.74, 6) is 5.55. The van der Waals surface area contributed by atoms with Gasteiger partial charge in [-0.3, -0.25) is 19.4 Å². The lowest BCUT2D eigenvalue weighted by molar-refractivity contribution is -0.138. The monoisotopic (exact) mass is 577 g/mol. The SMILES string of the molecule is O=C(O)C[C@H](NC(=O)[C@@H]1CCCN(C(=O)CCC2CCNCC2)C1)c1cncc(C#Cc2ccc(OCC[18F])cc2)c1. The topological polar surface area (TPSA) is 121 Å². The molecule has 1 aromatic heterocycles. The summed E-state index contributed by atoms with van der Waals surface area (Å²) in [7, 11) is 0. The molecule has 4 rings (SSSR count). The van der Waals surface area contributed by atoms with Crippen molar-refractivity contribution in [1.82, 2.24) is 20.5 Å². The molecule has 3 heterocycles. The number of carbonyl (C=O) groups is 3. The number of carbonyl (C=O) groups excluding carboxylic acids is 2. The van der Waals surface area contributed by atoms with E-state index in [1.54, 1.807) is 41.4 Å². The summed E-state index contributed by atoms with van der Waals surface area (Å²) >= 11 is 0. The Labute approximate surface area is 246 Å². The second-order valence-electron chi connectivity index (χ2n) is 10.9. The number of nitrogens with zero attached hydrogens (tertiary/aromatic N) is 2. The molecule has 2 aliphatic heterocycles. The third-order valence-electron chi connectivity index (χ3n) is 7.78. The minimum absolute atomic E-state index is 0.00665. The molecule has 0 unspecified atom stereocenters. The molecule has 2 fully saturated rings. The molecule has 10 heteroatoms. The molecule has 2 amide bonds. The average Bonchev–Trinajstić information content (AvgIpc) is 3.02. The highest BCUT2D eigenvalue weighted by atomic mass is 18.2. The van der Waals surface area contributed by atoms with E-state index in [1.807, 2.05) is 0 Å². The summed E-state index contributed by atoms with van der Waals surface area (Å²) in [5.41, 5.74) is 1.83. The van der Waals surface area contributed by atoms with Gasteiger partial charge in [0, 0.05) is 43.0 Å². The number of likely N-dealkylation sites (tertiary alicyclic amines) is 1. The Kier molecular flexibility index (Phi) is 11.7. The molecule has 3 N–H and O–H groups in total. The maximum Gasteiger partial charge on any atom is 0.305 e. The molecule has 42 heavy (non-hydrogen) atoms. The Balaban J connectivity index is 1.37. The van der Waals surface area contributed by atoms with Gasteiger partial charge < -0.3 is 25.4 Å². The summed E-state index contributed by atoms with van der Waals surface area (Å²) in [6.45, 7) is 2.42. The Bertz CT molecular complexity index is 1270. The van der Waals surface area contributed by atoms with Crippen LogP contribution in [0, 0.1) is 23.7 Å². The van der Waals surface area contributed by atoms with Crippen molar-refractivity contribution in [2.45, 2.75) is 51.0 Å². The Hall–Kier alpha value is -3.97. The molecule has 0 radical (unpaired) electrons. The summed E-state index contributed by atoms with van der Waals surface area (Å²) in [5, 5.41) is 15.8. The lowest BCUT2D eigenvalue weighted by Crippen LogP contribution is -2.46. The van der Waals surface area contributed by atoms with Crippen LogP contribution in [0.25, 0.3) is 0 Å². The van der Waals surface area contributed by atoms with Crippen LogP contribution in [0.4, 0.5) is 4.39 Å². The van der Waals surface area contributed by atoms with E-state index >= 15 is 0 Å². The fourth-order valence-corrected chi connectivity index (χ4v) is 5.44. The molecular formula is C32H39FN4O5. The number of carboxylic acids is 1. The molecule has 0 aliphatic carbocycles. The van der Waals surface area contributed by atoms with Gasteiger partial charge >= 0.3 is 5.97 Å². The molecule has 0 saturated carbocycles. The maximum absolute atomic E-state index is 13.3. The molecule has 2 aromatic rings. The number of aromatic nitrogens is 1. The van der Waals surface area contributed by atoms with Crippen molar-refractivity contribution in [3.05, 3.63) is 59.4 Å². The first-order valence-corrected chi connectivity index (χ1v) is 14.7. The van der Waals surface area contributed by atoms with Crippen LogP contribution in [0.2, 0.25) is 0 Å². The largest absolute Gasteiger partial charge is 0.491 e. The fraction of sp³-hybridized carbons (Fsp3) is 0.500. The number of rotatable bonds is 11. The normalized spacial score (nSPS) is 17.9. The summed E-state index contributed by atoms with van der Waals surface area (Å²) < 4.78 is 17.5. The molecule has 224 valence electrons. The van der Waals surface area contributed by atoms with Crippen LogP contribution in [0.1, 0.15) is 67.7 Å². The highest BCUT2D eigenvalue weighted by molar-refractivity contribution is 5.82. The second kappa shape index (κ2) is 15.9. The van der Waals surface area contributed by atoms with Gasteiger partial charge in [0.05, 0.1) is 18.4 Å². The number of hydrogen-bond acceptors (Lipinski definition) is 6. The fourth-order valence-electron chi connectivity index (χ4n) is 5.44. The molecule has 1 aromatic carbocycles. The number of nitrogens with one attached hydrogen (secondary N) is 2. The number of ether oxygens (including phenoxy) is 1. The van der Waals surface area contributed by atoms with Crippen molar-refractivity contribution in [2.24, 2.45) is 11.8 Å². The van der Waals surface area contributed by atoms with Crippen LogP contribution in [0.3, 0.4) is 0 Å². The third kappa shape index (κ3) is 9.55. The predicted molar refractivity (Wildman–Crippen MR) is 155 cm³/mol. The van der Waals surface area contributed by atoms with Crippen LogP contribution < -0.4 is 15.4 Å². The Morgan fingerprint density at radius 1 is 1.12 bits per heavy atom. The highest BCUT2D eigenvalue weighted by Gasteiger charge is 2.30.